The molecule has 0 spiro atoms. The van der Waals surface area contributed by atoms with Gasteiger partial charge in [0.2, 0.25) is 15.9 Å². The number of hydrogen-bond donors (Lipinski definition) is 3. The summed E-state index contributed by atoms with van der Waals surface area (Å²) in [5.41, 5.74) is 6.78. The minimum atomic E-state index is -3.52. The van der Waals surface area contributed by atoms with Crippen LogP contribution >= 0.6 is 12.4 Å². The molecule has 0 heterocycles. The summed E-state index contributed by atoms with van der Waals surface area (Å²) >= 11 is 0. The van der Waals surface area contributed by atoms with Crippen molar-refractivity contribution in [1.29, 1.82) is 0 Å². The molecular weight excluding hydrogens is 338 g/mol. The third-order valence-corrected chi connectivity index (χ3v) is 5.37. The molecule has 130 valence electrons. The van der Waals surface area contributed by atoms with Gasteiger partial charge in [0, 0.05) is 25.0 Å². The van der Waals surface area contributed by atoms with Crippen molar-refractivity contribution in [2.45, 2.75) is 37.1 Å². The molecule has 8 heteroatoms. The number of aryl methyl sites for hydroxylation is 1. The van der Waals surface area contributed by atoms with Gasteiger partial charge in [-0.15, -0.1) is 12.4 Å². The Morgan fingerprint density at radius 3 is 2.43 bits per heavy atom. The highest BCUT2D eigenvalue weighted by molar-refractivity contribution is 7.89. The number of amides is 1. The van der Waals surface area contributed by atoms with Crippen LogP contribution in [-0.4, -0.2) is 33.5 Å². The predicted octanol–water partition coefficient (Wildman–Crippen LogP) is 0.939. The van der Waals surface area contributed by atoms with Crippen LogP contribution in [0.3, 0.4) is 0 Å². The molecule has 1 fully saturated rings. The molecule has 0 bridgehead atoms. The summed E-state index contributed by atoms with van der Waals surface area (Å²) in [6, 6.07) is 6.74. The van der Waals surface area contributed by atoms with Crippen molar-refractivity contribution in [2.75, 3.05) is 13.1 Å². The van der Waals surface area contributed by atoms with E-state index in [0.29, 0.717) is 6.42 Å². The van der Waals surface area contributed by atoms with Crippen LogP contribution in [0.15, 0.2) is 29.2 Å². The average molecular weight is 362 g/mol. The third-order valence-electron chi connectivity index (χ3n) is 3.89. The molecule has 1 saturated carbocycles. The van der Waals surface area contributed by atoms with E-state index >= 15 is 0 Å². The molecular formula is C15H24ClN3O3S. The number of benzene rings is 1. The molecule has 1 amide bonds. The normalized spacial score (nSPS) is 20.8. The zero-order chi connectivity index (χ0) is 16.2. The van der Waals surface area contributed by atoms with E-state index in [1.165, 1.54) is 0 Å². The number of halogens is 1. The molecule has 1 aliphatic carbocycles. The van der Waals surface area contributed by atoms with Gasteiger partial charge in [0.25, 0.3) is 0 Å². The molecule has 0 aromatic heterocycles. The first-order valence-corrected chi connectivity index (χ1v) is 8.96. The maximum atomic E-state index is 12.0. The Morgan fingerprint density at radius 1 is 1.22 bits per heavy atom. The number of sulfonamides is 1. The average Bonchev–Trinajstić information content (AvgIpc) is 2.90. The van der Waals surface area contributed by atoms with E-state index in [-0.39, 0.29) is 48.3 Å². The predicted molar refractivity (Wildman–Crippen MR) is 91.9 cm³/mol. The molecule has 2 rings (SSSR count). The lowest BCUT2D eigenvalue weighted by Gasteiger charge is -2.11. The van der Waals surface area contributed by atoms with Crippen molar-refractivity contribution >= 4 is 28.3 Å². The Hall–Kier alpha value is -1.15. The fourth-order valence-corrected chi connectivity index (χ4v) is 3.60. The van der Waals surface area contributed by atoms with E-state index in [9.17, 15) is 13.2 Å². The fraction of sp³-hybridized carbons (Fsp3) is 0.533. The Labute approximate surface area is 143 Å². The van der Waals surface area contributed by atoms with Gasteiger partial charge in [-0.2, -0.15) is 0 Å². The van der Waals surface area contributed by atoms with E-state index in [4.69, 9.17) is 5.73 Å². The van der Waals surface area contributed by atoms with Gasteiger partial charge in [0.15, 0.2) is 0 Å². The first-order valence-electron chi connectivity index (χ1n) is 7.48. The van der Waals surface area contributed by atoms with Crippen LogP contribution in [0.2, 0.25) is 0 Å². The van der Waals surface area contributed by atoms with Gasteiger partial charge in [-0.25, -0.2) is 13.1 Å². The highest BCUT2D eigenvalue weighted by atomic mass is 35.5. The SMILES string of the molecule is Cc1ccc(S(=O)(=O)NCCNC(=O)C2CCC(N)C2)cc1.Cl. The van der Waals surface area contributed by atoms with Gasteiger partial charge in [0.05, 0.1) is 4.90 Å². The molecule has 0 aliphatic heterocycles. The van der Waals surface area contributed by atoms with Gasteiger partial charge in [-0.1, -0.05) is 17.7 Å². The standard InChI is InChI=1S/C15H23N3O3S.ClH/c1-11-2-6-14(7-3-11)22(20,21)18-9-8-17-15(19)12-4-5-13(16)10-12;/h2-3,6-7,12-13,18H,4-5,8-10,16H2,1H3,(H,17,19);1H. The second-order valence-corrected chi connectivity index (χ2v) is 7.54. The number of nitrogens with one attached hydrogen (secondary N) is 2. The van der Waals surface area contributed by atoms with E-state index < -0.39 is 10.0 Å². The van der Waals surface area contributed by atoms with Crippen LogP contribution in [0.1, 0.15) is 24.8 Å². The maximum Gasteiger partial charge on any atom is 0.240 e. The monoisotopic (exact) mass is 361 g/mol. The summed E-state index contributed by atoms with van der Waals surface area (Å²) in [4.78, 5) is 12.1. The maximum absolute atomic E-state index is 12.0. The van der Waals surface area contributed by atoms with E-state index in [1.807, 2.05) is 6.92 Å². The fourth-order valence-electron chi connectivity index (χ4n) is 2.57. The molecule has 2 atom stereocenters. The molecule has 0 radical (unpaired) electrons. The van der Waals surface area contributed by atoms with Crippen molar-refractivity contribution < 1.29 is 13.2 Å². The topological polar surface area (TPSA) is 101 Å². The highest BCUT2D eigenvalue weighted by Gasteiger charge is 2.27. The van der Waals surface area contributed by atoms with Gasteiger partial charge < -0.3 is 11.1 Å². The Balaban J connectivity index is 0.00000264. The van der Waals surface area contributed by atoms with Crippen LogP contribution in [0.25, 0.3) is 0 Å². The molecule has 1 aromatic rings. The quantitative estimate of drug-likeness (QED) is 0.656. The van der Waals surface area contributed by atoms with Crippen LogP contribution in [-0.2, 0) is 14.8 Å². The van der Waals surface area contributed by atoms with Crippen LogP contribution in [0.4, 0.5) is 0 Å². The van der Waals surface area contributed by atoms with Gasteiger partial charge in [-0.05, 0) is 38.3 Å². The minimum absolute atomic E-state index is 0. The van der Waals surface area contributed by atoms with Crippen molar-refractivity contribution in [3.05, 3.63) is 29.8 Å². The van der Waals surface area contributed by atoms with Crippen LogP contribution < -0.4 is 15.8 Å². The Morgan fingerprint density at radius 2 is 1.87 bits per heavy atom. The first kappa shape index (κ1) is 19.9. The van der Waals surface area contributed by atoms with Crippen molar-refractivity contribution in [3.63, 3.8) is 0 Å². The number of hydrogen-bond acceptors (Lipinski definition) is 4. The Bertz CT molecular complexity index is 619. The summed E-state index contributed by atoms with van der Waals surface area (Å²) in [5, 5.41) is 2.76. The van der Waals surface area contributed by atoms with E-state index in [1.54, 1.807) is 24.3 Å². The number of nitrogens with two attached hydrogens (primary N) is 1. The lowest BCUT2D eigenvalue weighted by molar-refractivity contribution is -0.124. The summed E-state index contributed by atoms with van der Waals surface area (Å²) in [5.74, 6) is -0.0776. The van der Waals surface area contributed by atoms with E-state index in [0.717, 1.165) is 18.4 Å². The molecule has 2 unspecified atom stereocenters. The minimum Gasteiger partial charge on any atom is -0.355 e. The lowest BCUT2D eigenvalue weighted by Crippen LogP contribution is -2.37. The molecule has 1 aromatic carbocycles. The van der Waals surface area contributed by atoms with E-state index in [2.05, 4.69) is 10.0 Å². The lowest BCUT2D eigenvalue weighted by atomic mass is 10.1. The highest BCUT2D eigenvalue weighted by Crippen LogP contribution is 2.23. The van der Waals surface area contributed by atoms with Crippen LogP contribution in [0.5, 0.6) is 0 Å². The molecule has 23 heavy (non-hydrogen) atoms. The van der Waals surface area contributed by atoms with Crippen LogP contribution in [0, 0.1) is 12.8 Å². The van der Waals surface area contributed by atoms with Crippen molar-refractivity contribution in [2.24, 2.45) is 11.7 Å². The zero-order valence-electron chi connectivity index (χ0n) is 13.1. The largest absolute Gasteiger partial charge is 0.355 e. The molecule has 0 saturated heterocycles. The first-order chi connectivity index (χ1) is 10.4. The van der Waals surface area contributed by atoms with Crippen molar-refractivity contribution in [1.82, 2.24) is 10.0 Å². The summed E-state index contributed by atoms with van der Waals surface area (Å²) < 4.78 is 26.6. The smallest absolute Gasteiger partial charge is 0.240 e. The zero-order valence-corrected chi connectivity index (χ0v) is 14.8. The van der Waals surface area contributed by atoms with Gasteiger partial charge in [0.1, 0.15) is 0 Å². The third kappa shape index (κ3) is 5.76. The summed E-state index contributed by atoms with van der Waals surface area (Å²) in [6.45, 7) is 2.34. The summed E-state index contributed by atoms with van der Waals surface area (Å²) in [7, 11) is -3.52. The van der Waals surface area contributed by atoms with Gasteiger partial charge >= 0.3 is 0 Å². The molecule has 4 N–H and O–H groups in total. The number of rotatable bonds is 6. The summed E-state index contributed by atoms with van der Waals surface area (Å²) in [6.07, 6.45) is 2.39. The van der Waals surface area contributed by atoms with Gasteiger partial charge in [-0.3, -0.25) is 4.79 Å². The molecule has 6 nitrogen and oxygen atoms in total. The van der Waals surface area contributed by atoms with Crippen molar-refractivity contribution in [3.8, 4) is 0 Å². The Kier molecular flexibility index (Phi) is 7.47. The number of carbonyl (C=O) groups is 1. The number of carbonyl (C=O) groups excluding carboxylic acids is 1. The molecule has 1 aliphatic rings. The second kappa shape index (κ2) is 8.63. The second-order valence-electron chi connectivity index (χ2n) is 5.77.